The molecule has 0 atom stereocenters. The van der Waals surface area contributed by atoms with Gasteiger partial charge in [0.05, 0.1) is 0 Å². The normalized spacial score (nSPS) is 19.1. The van der Waals surface area contributed by atoms with Gasteiger partial charge in [0.1, 0.15) is 0 Å². The first-order valence-corrected chi connectivity index (χ1v) is 3.01. The standard InChI is InChI=1S/C6H10O2.Co/c7-6(8)5-3-1-2-4-5;/h5H,1-4H2,(H,7,8);/p-1. The minimum Gasteiger partial charge on any atom is -0.550 e. The Balaban J connectivity index is 0.000000640. The van der Waals surface area contributed by atoms with Crippen LogP contribution in [0.15, 0.2) is 0 Å². The number of hydrogen-bond acceptors (Lipinski definition) is 2. The zero-order valence-electron chi connectivity index (χ0n) is 5.06. The fourth-order valence-corrected chi connectivity index (χ4v) is 1.16. The summed E-state index contributed by atoms with van der Waals surface area (Å²) in [5.74, 6) is -0.988. The molecule has 0 N–H and O–H groups in total. The maximum Gasteiger partial charge on any atom is 0.0445 e. The van der Waals surface area contributed by atoms with Gasteiger partial charge in [0.15, 0.2) is 0 Å². The SMILES string of the molecule is O=C([O-])C1CCCC1.[Co]. The van der Waals surface area contributed by atoms with Gasteiger partial charge in [-0.2, -0.15) is 0 Å². The Labute approximate surface area is 64.8 Å². The third-order valence-corrected chi connectivity index (χ3v) is 1.69. The van der Waals surface area contributed by atoms with E-state index in [2.05, 4.69) is 0 Å². The summed E-state index contributed by atoms with van der Waals surface area (Å²) in [6, 6.07) is 0. The first-order chi connectivity index (χ1) is 3.80. The second-order valence-electron chi connectivity index (χ2n) is 2.30. The van der Waals surface area contributed by atoms with Gasteiger partial charge in [-0.15, -0.1) is 0 Å². The van der Waals surface area contributed by atoms with Crippen molar-refractivity contribution >= 4 is 5.97 Å². The number of carboxylic acid groups (broad SMARTS) is 1. The molecule has 2 nitrogen and oxygen atoms in total. The van der Waals surface area contributed by atoms with Crippen molar-refractivity contribution in [3.63, 3.8) is 0 Å². The first kappa shape index (κ1) is 8.98. The molecule has 1 saturated carbocycles. The van der Waals surface area contributed by atoms with Gasteiger partial charge in [0, 0.05) is 22.7 Å². The molecule has 9 heavy (non-hydrogen) atoms. The van der Waals surface area contributed by atoms with E-state index in [1.165, 1.54) is 0 Å². The minimum atomic E-state index is -0.859. The van der Waals surface area contributed by atoms with Crippen LogP contribution in [0.3, 0.4) is 0 Å². The molecule has 0 aromatic heterocycles. The van der Waals surface area contributed by atoms with E-state index in [0.29, 0.717) is 0 Å². The molecule has 3 heteroatoms. The number of aliphatic carboxylic acids is 1. The summed E-state index contributed by atoms with van der Waals surface area (Å²) in [4.78, 5) is 10.1. The van der Waals surface area contributed by atoms with Gasteiger partial charge in [-0.25, -0.2) is 0 Å². The van der Waals surface area contributed by atoms with E-state index in [1.54, 1.807) is 0 Å². The number of hydrogen-bond donors (Lipinski definition) is 0. The van der Waals surface area contributed by atoms with Crippen molar-refractivity contribution in [1.29, 1.82) is 0 Å². The molecule has 0 spiro atoms. The van der Waals surface area contributed by atoms with Crippen LogP contribution in [0.4, 0.5) is 0 Å². The van der Waals surface area contributed by atoms with Crippen LogP contribution in [-0.4, -0.2) is 5.97 Å². The van der Waals surface area contributed by atoms with Crippen molar-refractivity contribution in [3.05, 3.63) is 0 Å². The number of carbonyl (C=O) groups is 1. The van der Waals surface area contributed by atoms with Crippen molar-refractivity contribution < 1.29 is 26.7 Å². The summed E-state index contributed by atoms with van der Waals surface area (Å²) in [6.07, 6.45) is 3.81. The average Bonchev–Trinajstić information content (AvgIpc) is 2.12. The zero-order chi connectivity index (χ0) is 5.98. The van der Waals surface area contributed by atoms with Crippen LogP contribution in [0.2, 0.25) is 0 Å². The number of carboxylic acids is 1. The smallest absolute Gasteiger partial charge is 0.0445 e. The largest absolute Gasteiger partial charge is 0.550 e. The third-order valence-electron chi connectivity index (χ3n) is 1.69. The van der Waals surface area contributed by atoms with Crippen molar-refractivity contribution in [2.45, 2.75) is 25.7 Å². The molecular formula is C6H9CoO2-. The summed E-state index contributed by atoms with van der Waals surface area (Å²) >= 11 is 0. The van der Waals surface area contributed by atoms with Crippen molar-refractivity contribution in [2.24, 2.45) is 5.92 Å². The Bertz CT molecular complexity index is 97.2. The van der Waals surface area contributed by atoms with E-state index in [4.69, 9.17) is 0 Å². The van der Waals surface area contributed by atoms with Gasteiger partial charge in [-0.3, -0.25) is 0 Å². The van der Waals surface area contributed by atoms with Gasteiger partial charge in [0.2, 0.25) is 0 Å². The molecule has 0 bridgehead atoms. The number of rotatable bonds is 1. The maximum atomic E-state index is 10.1. The van der Waals surface area contributed by atoms with Crippen LogP contribution in [0, 0.1) is 5.92 Å². The summed E-state index contributed by atoms with van der Waals surface area (Å²) in [5, 5.41) is 10.1. The van der Waals surface area contributed by atoms with E-state index in [1.807, 2.05) is 0 Å². The van der Waals surface area contributed by atoms with E-state index in [0.717, 1.165) is 25.7 Å². The first-order valence-electron chi connectivity index (χ1n) is 3.01. The van der Waals surface area contributed by atoms with Crippen molar-refractivity contribution in [3.8, 4) is 0 Å². The molecule has 55 valence electrons. The van der Waals surface area contributed by atoms with Crippen LogP contribution in [0.1, 0.15) is 25.7 Å². The fourth-order valence-electron chi connectivity index (χ4n) is 1.16. The predicted octanol–water partition coefficient (Wildman–Crippen LogP) is -0.0760. The Morgan fingerprint density at radius 1 is 1.33 bits per heavy atom. The molecule has 1 aliphatic rings. The molecule has 0 aromatic carbocycles. The predicted molar refractivity (Wildman–Crippen MR) is 27.0 cm³/mol. The molecular weight excluding hydrogens is 163 g/mol. The quantitative estimate of drug-likeness (QED) is 0.555. The Hall–Kier alpha value is -0.0235. The average molecular weight is 172 g/mol. The van der Waals surface area contributed by atoms with E-state index < -0.39 is 5.97 Å². The van der Waals surface area contributed by atoms with Crippen LogP contribution in [0.5, 0.6) is 0 Å². The Morgan fingerprint density at radius 2 is 1.78 bits per heavy atom. The molecule has 0 unspecified atom stereocenters. The third kappa shape index (κ3) is 2.36. The Kier molecular flexibility index (Phi) is 3.89. The van der Waals surface area contributed by atoms with Crippen LogP contribution >= 0.6 is 0 Å². The molecule has 1 aliphatic carbocycles. The molecule has 1 rings (SSSR count). The molecule has 0 aliphatic heterocycles. The molecule has 0 saturated heterocycles. The molecule has 0 aromatic rings. The summed E-state index contributed by atoms with van der Waals surface area (Å²) in [5.41, 5.74) is 0. The summed E-state index contributed by atoms with van der Waals surface area (Å²) in [7, 11) is 0. The Morgan fingerprint density at radius 3 is 2.00 bits per heavy atom. The van der Waals surface area contributed by atoms with Crippen molar-refractivity contribution in [1.82, 2.24) is 0 Å². The van der Waals surface area contributed by atoms with Gasteiger partial charge < -0.3 is 9.90 Å². The molecule has 1 radical (unpaired) electrons. The van der Waals surface area contributed by atoms with Gasteiger partial charge in [-0.1, -0.05) is 12.8 Å². The second-order valence-corrected chi connectivity index (χ2v) is 2.30. The zero-order valence-corrected chi connectivity index (χ0v) is 6.10. The van der Waals surface area contributed by atoms with Crippen molar-refractivity contribution in [2.75, 3.05) is 0 Å². The maximum absolute atomic E-state index is 10.1. The van der Waals surface area contributed by atoms with E-state index in [-0.39, 0.29) is 22.7 Å². The topological polar surface area (TPSA) is 40.1 Å². The summed E-state index contributed by atoms with van der Waals surface area (Å²) < 4.78 is 0. The van der Waals surface area contributed by atoms with Crippen LogP contribution in [0.25, 0.3) is 0 Å². The van der Waals surface area contributed by atoms with Gasteiger partial charge >= 0.3 is 0 Å². The van der Waals surface area contributed by atoms with Crippen LogP contribution < -0.4 is 5.11 Å². The van der Waals surface area contributed by atoms with Gasteiger partial charge in [0.25, 0.3) is 0 Å². The monoisotopic (exact) mass is 172 g/mol. The fraction of sp³-hybridized carbons (Fsp3) is 0.833. The van der Waals surface area contributed by atoms with E-state index in [9.17, 15) is 9.90 Å². The van der Waals surface area contributed by atoms with Crippen LogP contribution in [-0.2, 0) is 21.6 Å². The minimum absolute atomic E-state index is 0. The van der Waals surface area contributed by atoms with Gasteiger partial charge in [-0.05, 0) is 18.8 Å². The number of carbonyl (C=O) groups excluding carboxylic acids is 1. The molecule has 0 heterocycles. The summed E-state index contributed by atoms with van der Waals surface area (Å²) in [6.45, 7) is 0. The second kappa shape index (κ2) is 3.90. The molecule has 1 fully saturated rings. The molecule has 0 amide bonds. The van der Waals surface area contributed by atoms with E-state index >= 15 is 0 Å².